The highest BCUT2D eigenvalue weighted by Crippen LogP contribution is 2.30. The molecule has 0 aromatic rings. The van der Waals surface area contributed by atoms with Crippen LogP contribution in [-0.4, -0.2) is 9.79 Å². The predicted molar refractivity (Wildman–Crippen MR) is 30.3 cm³/mol. The van der Waals surface area contributed by atoms with Crippen LogP contribution < -0.4 is 0 Å². The molecule has 2 atom stereocenters. The van der Waals surface area contributed by atoms with Crippen molar-refractivity contribution in [2.45, 2.75) is 7.43 Å². The molecule has 7 heteroatoms. The maximum Gasteiger partial charge on any atom is 0.323 e. The van der Waals surface area contributed by atoms with E-state index in [4.69, 9.17) is 9.79 Å². The Morgan fingerprint density at radius 1 is 1.12 bits per heavy atom. The molecule has 2 unspecified atom stereocenters. The maximum atomic E-state index is 9.44. The molecule has 0 fully saturated rings. The van der Waals surface area contributed by atoms with E-state index >= 15 is 0 Å². The lowest BCUT2D eigenvalue weighted by atomic mass is 12.0. The first-order valence-corrected chi connectivity index (χ1v) is 3.79. The third-order valence-electron chi connectivity index (χ3n) is 0.175. The highest BCUT2D eigenvalue weighted by Gasteiger charge is 1.93. The van der Waals surface area contributed by atoms with E-state index in [1.807, 2.05) is 0 Å². The highest BCUT2D eigenvalue weighted by molar-refractivity contribution is 7.46. The summed E-state index contributed by atoms with van der Waals surface area (Å²) < 4.78 is 22.3. The Morgan fingerprint density at radius 3 is 1.38 bits per heavy atom. The van der Waals surface area contributed by atoms with Crippen LogP contribution in [0.3, 0.4) is 0 Å². The molecule has 2 N–H and O–H groups in total. The molecular formula is CH8O5P2. The summed E-state index contributed by atoms with van der Waals surface area (Å²) in [7, 11) is -6.40. The van der Waals surface area contributed by atoms with Crippen LogP contribution in [-0.2, 0) is 13.4 Å². The van der Waals surface area contributed by atoms with E-state index in [0.29, 0.717) is 0 Å². The van der Waals surface area contributed by atoms with Gasteiger partial charge in [-0.25, -0.2) is 4.31 Å². The number of rotatable bonds is 2. The summed E-state index contributed by atoms with van der Waals surface area (Å²) in [6.45, 7) is 0. The average Bonchev–Trinajstić information content (AvgIpc) is 1.27. The summed E-state index contributed by atoms with van der Waals surface area (Å²) in [6, 6.07) is 0. The second-order valence-corrected chi connectivity index (χ2v) is 2.51. The van der Waals surface area contributed by atoms with Gasteiger partial charge in [0.15, 0.2) is 0 Å². The van der Waals surface area contributed by atoms with Gasteiger partial charge in [0, 0.05) is 0 Å². The van der Waals surface area contributed by atoms with Crippen LogP contribution in [0.2, 0.25) is 0 Å². The lowest BCUT2D eigenvalue weighted by Gasteiger charge is -1.86. The van der Waals surface area contributed by atoms with Crippen molar-refractivity contribution in [3.63, 3.8) is 0 Å². The molecule has 5 nitrogen and oxygen atoms in total. The summed E-state index contributed by atoms with van der Waals surface area (Å²) >= 11 is 0. The monoisotopic (exact) mass is 162 g/mol. The first-order valence-electron chi connectivity index (χ1n) is 1.26. The number of hydrogen-bond donors (Lipinski definition) is 2. The zero-order chi connectivity index (χ0) is 5.86. The SMILES string of the molecule is C.O=[PH](O)O[PH](=O)O. The third-order valence-corrected chi connectivity index (χ3v) is 1.57. The normalized spacial score (nSPS) is 16.2. The Kier molecular flexibility index (Phi) is 7.65. The van der Waals surface area contributed by atoms with Crippen molar-refractivity contribution in [1.29, 1.82) is 0 Å². The van der Waals surface area contributed by atoms with Crippen LogP contribution in [0.15, 0.2) is 0 Å². The van der Waals surface area contributed by atoms with Gasteiger partial charge >= 0.3 is 16.5 Å². The standard InChI is InChI=1S/CH4.H4O5P2/c;1-6(2)5-7(3)4/h1H4;6-7H,(H,1,2)(H,3,4). The summed E-state index contributed by atoms with van der Waals surface area (Å²) in [6.07, 6.45) is 0. The largest absolute Gasteiger partial charge is 0.326 e. The smallest absolute Gasteiger partial charge is 0.323 e. The van der Waals surface area contributed by atoms with Crippen molar-refractivity contribution in [3.8, 4) is 0 Å². The van der Waals surface area contributed by atoms with E-state index in [0.717, 1.165) is 0 Å². The predicted octanol–water partition coefficient (Wildman–Crippen LogP) is 0.403. The van der Waals surface area contributed by atoms with E-state index in [2.05, 4.69) is 4.31 Å². The molecule has 0 rings (SSSR count). The van der Waals surface area contributed by atoms with Gasteiger partial charge in [-0.2, -0.15) is 0 Å². The first kappa shape index (κ1) is 11.2. The quantitative estimate of drug-likeness (QED) is 0.574. The second kappa shape index (κ2) is 5.48. The van der Waals surface area contributed by atoms with Gasteiger partial charge in [-0.3, -0.25) is 9.13 Å². The minimum Gasteiger partial charge on any atom is -0.326 e. The third kappa shape index (κ3) is 9.60. The molecule has 0 bridgehead atoms. The molecule has 0 saturated carbocycles. The van der Waals surface area contributed by atoms with E-state index in [1.54, 1.807) is 0 Å². The Hall–Kier alpha value is 0.340. The van der Waals surface area contributed by atoms with Crippen LogP contribution in [0.4, 0.5) is 0 Å². The van der Waals surface area contributed by atoms with E-state index in [9.17, 15) is 9.13 Å². The molecule has 0 spiro atoms. The first-order chi connectivity index (χ1) is 3.13. The molecule has 0 aromatic heterocycles. The van der Waals surface area contributed by atoms with E-state index in [-0.39, 0.29) is 7.43 Å². The summed E-state index contributed by atoms with van der Waals surface area (Å²) in [5.74, 6) is 0. The summed E-state index contributed by atoms with van der Waals surface area (Å²) in [4.78, 5) is 15.4. The maximum absolute atomic E-state index is 9.44. The molecule has 0 aromatic carbocycles. The van der Waals surface area contributed by atoms with E-state index in [1.165, 1.54) is 0 Å². The summed E-state index contributed by atoms with van der Waals surface area (Å²) in [5, 5.41) is 0. The Morgan fingerprint density at radius 2 is 1.38 bits per heavy atom. The zero-order valence-electron chi connectivity index (χ0n) is 3.12. The molecular weight excluding hydrogens is 154 g/mol. The van der Waals surface area contributed by atoms with Crippen molar-refractivity contribution >= 4 is 16.5 Å². The van der Waals surface area contributed by atoms with Crippen molar-refractivity contribution in [2.75, 3.05) is 0 Å². The number of hydrogen-bond acceptors (Lipinski definition) is 3. The molecule has 0 aliphatic carbocycles. The van der Waals surface area contributed by atoms with Crippen LogP contribution >= 0.6 is 16.5 Å². The Labute approximate surface area is 48.2 Å². The fraction of sp³-hybridized carbons (Fsp3) is 1.00. The average molecular weight is 162 g/mol. The fourth-order valence-electron chi connectivity index (χ4n) is 0.0747. The lowest BCUT2D eigenvalue weighted by molar-refractivity contribution is 0.371. The molecule has 8 heavy (non-hydrogen) atoms. The molecule has 0 heterocycles. The fourth-order valence-corrected chi connectivity index (χ4v) is 0.672. The molecule has 0 saturated heterocycles. The highest BCUT2D eigenvalue weighted by atomic mass is 31.2. The zero-order valence-corrected chi connectivity index (χ0v) is 5.12. The van der Waals surface area contributed by atoms with Gasteiger partial charge in [0.05, 0.1) is 0 Å². The van der Waals surface area contributed by atoms with Crippen molar-refractivity contribution < 1.29 is 23.2 Å². The molecule has 52 valence electrons. The molecule has 0 amide bonds. The van der Waals surface area contributed by atoms with Gasteiger partial charge in [0.1, 0.15) is 0 Å². The Bertz CT molecular complexity index is 86.6. The van der Waals surface area contributed by atoms with Gasteiger partial charge in [-0.05, 0) is 0 Å². The molecule has 0 aliphatic rings. The van der Waals surface area contributed by atoms with Gasteiger partial charge in [-0.15, -0.1) is 0 Å². The van der Waals surface area contributed by atoms with Gasteiger partial charge < -0.3 is 9.79 Å². The van der Waals surface area contributed by atoms with Gasteiger partial charge in [0.2, 0.25) is 0 Å². The van der Waals surface area contributed by atoms with Crippen LogP contribution in [0.1, 0.15) is 7.43 Å². The van der Waals surface area contributed by atoms with Crippen molar-refractivity contribution in [3.05, 3.63) is 0 Å². The van der Waals surface area contributed by atoms with E-state index < -0.39 is 16.5 Å². The summed E-state index contributed by atoms with van der Waals surface area (Å²) in [5.41, 5.74) is 0. The molecule has 0 radical (unpaired) electrons. The van der Waals surface area contributed by atoms with Crippen LogP contribution in [0.25, 0.3) is 0 Å². The minimum absolute atomic E-state index is 0. The van der Waals surface area contributed by atoms with Gasteiger partial charge in [0.25, 0.3) is 0 Å². The second-order valence-electron chi connectivity index (χ2n) is 0.634. The molecule has 0 aliphatic heterocycles. The van der Waals surface area contributed by atoms with Crippen LogP contribution in [0.5, 0.6) is 0 Å². The lowest BCUT2D eigenvalue weighted by Crippen LogP contribution is -1.58. The van der Waals surface area contributed by atoms with Crippen molar-refractivity contribution in [2.24, 2.45) is 0 Å². The van der Waals surface area contributed by atoms with Crippen molar-refractivity contribution in [1.82, 2.24) is 0 Å². The minimum atomic E-state index is -3.20. The van der Waals surface area contributed by atoms with Gasteiger partial charge in [-0.1, -0.05) is 7.43 Å². The van der Waals surface area contributed by atoms with Crippen LogP contribution in [0, 0.1) is 0 Å². The topological polar surface area (TPSA) is 83.8 Å². The Balaban J connectivity index is 0.